The highest BCUT2D eigenvalue weighted by molar-refractivity contribution is 6.31. The van der Waals surface area contributed by atoms with E-state index < -0.39 is 17.5 Å². The second kappa shape index (κ2) is 11.5. The summed E-state index contributed by atoms with van der Waals surface area (Å²) in [5.74, 6) is -2.05. The van der Waals surface area contributed by atoms with Gasteiger partial charge in [0.05, 0.1) is 0 Å². The van der Waals surface area contributed by atoms with E-state index >= 15 is 0 Å². The molecular formula is C27H32ClF2N3O2. The molecule has 8 heteroatoms. The second-order valence-corrected chi connectivity index (χ2v) is 10.2. The number of carbonyl (C=O) groups excluding carboxylic acids is 2. The summed E-state index contributed by atoms with van der Waals surface area (Å²) in [6.45, 7) is 0.156. The first-order chi connectivity index (χ1) is 16.8. The second-order valence-electron chi connectivity index (χ2n) is 9.79. The fraction of sp³-hybridized carbons (Fsp3) is 0.481. The number of hydrogen-bond acceptors (Lipinski definition) is 3. The quantitative estimate of drug-likeness (QED) is 0.504. The van der Waals surface area contributed by atoms with Gasteiger partial charge in [0.15, 0.2) is 0 Å². The monoisotopic (exact) mass is 503 g/mol. The van der Waals surface area contributed by atoms with Crippen LogP contribution in [0.25, 0.3) is 0 Å². The van der Waals surface area contributed by atoms with Gasteiger partial charge in [-0.3, -0.25) is 9.59 Å². The van der Waals surface area contributed by atoms with E-state index in [1.807, 2.05) is 0 Å². The van der Waals surface area contributed by atoms with E-state index in [1.165, 1.54) is 6.42 Å². The molecule has 2 fully saturated rings. The summed E-state index contributed by atoms with van der Waals surface area (Å²) in [5, 5.41) is 3.45. The van der Waals surface area contributed by atoms with Crippen LogP contribution in [0.2, 0.25) is 5.02 Å². The highest BCUT2D eigenvalue weighted by Crippen LogP contribution is 2.30. The molecule has 2 saturated carbocycles. The Hall–Kier alpha value is -2.51. The van der Waals surface area contributed by atoms with Crippen molar-refractivity contribution in [3.63, 3.8) is 0 Å². The molecule has 2 aliphatic carbocycles. The van der Waals surface area contributed by atoms with Gasteiger partial charge in [0, 0.05) is 46.9 Å². The van der Waals surface area contributed by atoms with Gasteiger partial charge in [-0.2, -0.15) is 0 Å². The van der Waals surface area contributed by atoms with Gasteiger partial charge in [0.2, 0.25) is 5.91 Å². The van der Waals surface area contributed by atoms with E-state index in [0.29, 0.717) is 29.1 Å². The largest absolute Gasteiger partial charge is 0.331 e. The molecule has 2 aromatic rings. The molecule has 4 rings (SSSR count). The van der Waals surface area contributed by atoms with Gasteiger partial charge in [-0.25, -0.2) is 8.78 Å². The van der Waals surface area contributed by atoms with Crippen molar-refractivity contribution in [3.8, 4) is 0 Å². The predicted octanol–water partition coefficient (Wildman–Crippen LogP) is 6.05. The molecule has 0 spiro atoms. The third-order valence-electron chi connectivity index (χ3n) is 7.18. The Morgan fingerprint density at radius 1 is 0.943 bits per heavy atom. The highest BCUT2D eigenvalue weighted by Gasteiger charge is 2.30. The molecule has 0 radical (unpaired) electrons. The molecule has 0 unspecified atom stereocenters. The zero-order valence-corrected chi connectivity index (χ0v) is 20.5. The fourth-order valence-corrected chi connectivity index (χ4v) is 5.37. The van der Waals surface area contributed by atoms with Gasteiger partial charge in [0.1, 0.15) is 11.6 Å². The summed E-state index contributed by atoms with van der Waals surface area (Å²) in [7, 11) is 0. The fourth-order valence-electron chi connectivity index (χ4n) is 5.19. The van der Waals surface area contributed by atoms with Crippen molar-refractivity contribution in [1.29, 1.82) is 0 Å². The lowest BCUT2D eigenvalue weighted by Crippen LogP contribution is -2.44. The molecule has 5 nitrogen and oxygen atoms in total. The molecular weight excluding hydrogens is 472 g/mol. The summed E-state index contributed by atoms with van der Waals surface area (Å²) in [5.41, 5.74) is 7.30. The topological polar surface area (TPSA) is 75.4 Å². The lowest BCUT2D eigenvalue weighted by Gasteiger charge is -2.36. The van der Waals surface area contributed by atoms with Crippen molar-refractivity contribution in [2.24, 2.45) is 11.7 Å². The predicted molar refractivity (Wildman–Crippen MR) is 133 cm³/mol. The lowest BCUT2D eigenvalue weighted by atomic mass is 9.88. The lowest BCUT2D eigenvalue weighted by molar-refractivity contribution is -0.120. The Labute approximate surface area is 210 Å². The van der Waals surface area contributed by atoms with Crippen LogP contribution in [0.1, 0.15) is 73.7 Å². The zero-order valence-electron chi connectivity index (χ0n) is 19.7. The number of rotatable bonds is 6. The number of anilines is 1. The van der Waals surface area contributed by atoms with Crippen LogP contribution in [0.5, 0.6) is 0 Å². The number of amides is 2. The molecule has 0 aliphatic heterocycles. The van der Waals surface area contributed by atoms with E-state index in [1.54, 1.807) is 23.1 Å². The Morgan fingerprint density at radius 3 is 2.26 bits per heavy atom. The van der Waals surface area contributed by atoms with E-state index in [-0.39, 0.29) is 36.0 Å². The zero-order chi connectivity index (χ0) is 24.9. The molecule has 3 N–H and O–H groups in total. The van der Waals surface area contributed by atoms with Gasteiger partial charge in [-0.1, -0.05) is 30.9 Å². The highest BCUT2D eigenvalue weighted by atomic mass is 35.5. The summed E-state index contributed by atoms with van der Waals surface area (Å²) in [6, 6.07) is 8.03. The Morgan fingerprint density at radius 2 is 1.60 bits per heavy atom. The van der Waals surface area contributed by atoms with E-state index in [9.17, 15) is 18.4 Å². The Bertz CT molecular complexity index is 1050. The smallest absolute Gasteiger partial charge is 0.254 e. The van der Waals surface area contributed by atoms with Gasteiger partial charge in [-0.15, -0.1) is 0 Å². The van der Waals surface area contributed by atoms with Crippen LogP contribution in [0.3, 0.4) is 0 Å². The molecule has 0 atom stereocenters. The van der Waals surface area contributed by atoms with Crippen molar-refractivity contribution in [2.45, 2.75) is 76.4 Å². The van der Waals surface area contributed by atoms with Crippen LogP contribution in [-0.2, 0) is 11.3 Å². The number of benzene rings is 2. The summed E-state index contributed by atoms with van der Waals surface area (Å²) in [6.07, 6.45) is 7.99. The van der Waals surface area contributed by atoms with Gasteiger partial charge in [-0.05, 0) is 74.4 Å². The molecule has 188 valence electrons. The molecule has 2 amide bonds. The van der Waals surface area contributed by atoms with E-state index in [2.05, 4.69) is 5.32 Å². The van der Waals surface area contributed by atoms with Crippen molar-refractivity contribution in [2.75, 3.05) is 5.32 Å². The van der Waals surface area contributed by atoms with Crippen LogP contribution in [0, 0.1) is 17.6 Å². The molecule has 0 heterocycles. The molecule has 35 heavy (non-hydrogen) atoms. The minimum atomic E-state index is -0.801. The average molecular weight is 504 g/mol. The summed E-state index contributed by atoms with van der Waals surface area (Å²) < 4.78 is 27.8. The average Bonchev–Trinajstić information content (AvgIpc) is 2.84. The number of nitrogens with two attached hydrogens (primary N) is 1. The number of halogens is 3. The number of nitrogens with one attached hydrogen (secondary N) is 1. The van der Waals surface area contributed by atoms with Crippen molar-refractivity contribution in [3.05, 3.63) is 64.2 Å². The molecule has 0 aromatic heterocycles. The molecule has 2 aromatic carbocycles. The standard InChI is InChI=1S/C27H32ClF2N3O2/c28-25-11-8-23(32-26(34)17-4-2-1-3-5-17)14-19(25)16-33(24-9-6-22(31)7-10-24)27(35)18-12-20(29)15-21(30)13-18/h8,11-15,17,22,24H,1-7,9-10,16,31H2,(H,32,34). The van der Waals surface area contributed by atoms with Crippen LogP contribution in [0.4, 0.5) is 14.5 Å². The van der Waals surface area contributed by atoms with Crippen LogP contribution in [0.15, 0.2) is 36.4 Å². The number of nitrogens with zero attached hydrogens (tertiary/aromatic N) is 1. The maximum atomic E-state index is 13.9. The van der Waals surface area contributed by atoms with Crippen molar-refractivity contribution >= 4 is 29.1 Å². The van der Waals surface area contributed by atoms with Crippen LogP contribution >= 0.6 is 11.6 Å². The first-order valence-electron chi connectivity index (χ1n) is 12.4. The van der Waals surface area contributed by atoms with Gasteiger partial charge >= 0.3 is 0 Å². The first-order valence-corrected chi connectivity index (χ1v) is 12.8. The normalized spacial score (nSPS) is 20.9. The Balaban J connectivity index is 1.57. The van der Waals surface area contributed by atoms with Crippen molar-refractivity contribution in [1.82, 2.24) is 4.90 Å². The molecule has 0 saturated heterocycles. The maximum Gasteiger partial charge on any atom is 0.254 e. The van der Waals surface area contributed by atoms with E-state index in [0.717, 1.165) is 56.7 Å². The SMILES string of the molecule is NC1CCC(N(Cc2cc(NC(=O)C3CCCCC3)ccc2Cl)C(=O)c2cc(F)cc(F)c2)CC1. The minimum Gasteiger partial charge on any atom is -0.331 e. The minimum absolute atomic E-state index is 0.00223. The number of carbonyl (C=O) groups is 2. The number of hydrogen-bond donors (Lipinski definition) is 2. The van der Waals surface area contributed by atoms with E-state index in [4.69, 9.17) is 17.3 Å². The van der Waals surface area contributed by atoms with Gasteiger partial charge in [0.25, 0.3) is 5.91 Å². The third kappa shape index (κ3) is 6.58. The third-order valence-corrected chi connectivity index (χ3v) is 7.55. The first kappa shape index (κ1) is 25.6. The maximum absolute atomic E-state index is 13.9. The molecule has 2 aliphatic rings. The van der Waals surface area contributed by atoms with Crippen LogP contribution in [-0.4, -0.2) is 28.8 Å². The summed E-state index contributed by atoms with van der Waals surface area (Å²) >= 11 is 6.50. The van der Waals surface area contributed by atoms with Crippen LogP contribution < -0.4 is 11.1 Å². The van der Waals surface area contributed by atoms with Crippen molar-refractivity contribution < 1.29 is 18.4 Å². The Kier molecular flexibility index (Phi) is 8.39. The summed E-state index contributed by atoms with van der Waals surface area (Å²) in [4.78, 5) is 27.8. The molecule has 0 bridgehead atoms. The van der Waals surface area contributed by atoms with Gasteiger partial charge < -0.3 is 16.0 Å².